The highest BCUT2D eigenvalue weighted by atomic mass is 32.1. The van der Waals surface area contributed by atoms with Crippen molar-refractivity contribution in [3.63, 3.8) is 0 Å². The molecular formula is C22H18FN3O4S. The Hall–Kier alpha value is -3.17. The number of carbonyl (C=O) groups excluding carboxylic acids is 1. The Morgan fingerprint density at radius 2 is 2.19 bits per heavy atom. The second kappa shape index (κ2) is 6.93. The third-order valence-corrected chi connectivity index (χ3v) is 6.86. The van der Waals surface area contributed by atoms with E-state index in [4.69, 9.17) is 9.47 Å². The highest BCUT2D eigenvalue weighted by molar-refractivity contribution is 7.22. The minimum Gasteiger partial charge on any atom is -0.454 e. The Bertz CT molecular complexity index is 1270. The van der Waals surface area contributed by atoms with Crippen LogP contribution in [0.5, 0.6) is 11.5 Å². The third kappa shape index (κ3) is 2.95. The van der Waals surface area contributed by atoms with Crippen LogP contribution in [0.3, 0.4) is 0 Å². The summed E-state index contributed by atoms with van der Waals surface area (Å²) in [5.74, 6) is 0.760. The Morgan fingerprint density at radius 3 is 3.03 bits per heavy atom. The van der Waals surface area contributed by atoms with Crippen molar-refractivity contribution in [2.24, 2.45) is 0 Å². The SMILES string of the molecule is O=C1NCc2c(C3=CCC(O)CC3)cc(F)cc2N1c1nc2c3c(ccc2s1)OCO3. The van der Waals surface area contributed by atoms with E-state index in [1.165, 1.54) is 28.4 Å². The first-order valence-corrected chi connectivity index (χ1v) is 10.9. The Balaban J connectivity index is 1.50. The molecule has 1 atom stereocenters. The van der Waals surface area contributed by atoms with Crippen LogP contribution < -0.4 is 19.7 Å². The Morgan fingerprint density at radius 1 is 1.29 bits per heavy atom. The maximum atomic E-state index is 14.7. The number of hydrogen-bond donors (Lipinski definition) is 2. The first-order valence-electron chi connectivity index (χ1n) is 10.1. The maximum absolute atomic E-state index is 14.7. The van der Waals surface area contributed by atoms with Gasteiger partial charge in [0.15, 0.2) is 16.6 Å². The van der Waals surface area contributed by atoms with Crippen molar-refractivity contribution >= 4 is 44.0 Å². The number of ether oxygens (including phenoxy) is 2. The molecule has 3 aliphatic rings. The van der Waals surface area contributed by atoms with E-state index in [1.807, 2.05) is 18.2 Å². The molecule has 31 heavy (non-hydrogen) atoms. The molecule has 1 unspecified atom stereocenters. The summed E-state index contributed by atoms with van der Waals surface area (Å²) in [5, 5.41) is 13.1. The van der Waals surface area contributed by atoms with Crippen LogP contribution in [-0.2, 0) is 6.54 Å². The molecule has 0 bridgehead atoms. The zero-order chi connectivity index (χ0) is 21.1. The number of aliphatic hydroxyl groups is 1. The largest absolute Gasteiger partial charge is 0.454 e. The fourth-order valence-electron chi connectivity index (χ4n) is 4.34. The molecular weight excluding hydrogens is 421 g/mol. The standard InChI is InChI=1S/C22H18FN3O4S/c23-12-7-14(11-1-3-13(27)4-2-11)15-9-24-21(28)26(16(15)8-12)22-25-19-18(31-22)6-5-17-20(19)30-10-29-17/h1,5-8,13,27H,2-4,9-10H2,(H,24,28). The monoisotopic (exact) mass is 439 g/mol. The molecule has 0 fully saturated rings. The number of hydrogen-bond acceptors (Lipinski definition) is 6. The van der Waals surface area contributed by atoms with E-state index in [0.29, 0.717) is 53.6 Å². The lowest BCUT2D eigenvalue weighted by atomic mass is 9.88. The summed E-state index contributed by atoms with van der Waals surface area (Å²) in [6.45, 7) is 0.435. The number of nitrogens with zero attached hydrogens (tertiary/aromatic N) is 2. The minimum absolute atomic E-state index is 0.132. The zero-order valence-electron chi connectivity index (χ0n) is 16.4. The third-order valence-electron chi connectivity index (χ3n) is 5.86. The lowest BCUT2D eigenvalue weighted by molar-refractivity contribution is 0.166. The number of rotatable bonds is 2. The van der Waals surface area contributed by atoms with Gasteiger partial charge in [0.25, 0.3) is 0 Å². The molecule has 3 heterocycles. The van der Waals surface area contributed by atoms with E-state index in [2.05, 4.69) is 10.3 Å². The van der Waals surface area contributed by atoms with E-state index in [1.54, 1.807) is 0 Å². The molecule has 1 aliphatic carbocycles. The number of aliphatic hydroxyl groups excluding tert-OH is 1. The van der Waals surface area contributed by atoms with Gasteiger partial charge in [-0.05, 0) is 54.7 Å². The molecule has 2 amide bonds. The fourth-order valence-corrected chi connectivity index (χ4v) is 5.32. The molecule has 7 nitrogen and oxygen atoms in total. The van der Waals surface area contributed by atoms with Crippen molar-refractivity contribution in [2.45, 2.75) is 31.9 Å². The van der Waals surface area contributed by atoms with Gasteiger partial charge < -0.3 is 19.9 Å². The Labute approximate surface area is 180 Å². The normalized spacial score (nSPS) is 19.9. The number of fused-ring (bicyclic) bond motifs is 4. The molecule has 158 valence electrons. The number of nitrogens with one attached hydrogen (secondary N) is 1. The summed E-state index contributed by atoms with van der Waals surface area (Å²) in [7, 11) is 0. The van der Waals surface area contributed by atoms with Crippen molar-refractivity contribution in [2.75, 3.05) is 11.7 Å². The highest BCUT2D eigenvalue weighted by Crippen LogP contribution is 2.45. The Kier molecular flexibility index (Phi) is 4.15. The predicted octanol–water partition coefficient (Wildman–Crippen LogP) is 4.45. The van der Waals surface area contributed by atoms with Gasteiger partial charge in [-0.3, -0.25) is 0 Å². The molecule has 2 aliphatic heterocycles. The number of aromatic nitrogens is 1. The zero-order valence-corrected chi connectivity index (χ0v) is 17.2. The number of urea groups is 1. The highest BCUT2D eigenvalue weighted by Gasteiger charge is 2.32. The number of halogens is 1. The molecule has 2 N–H and O–H groups in total. The quantitative estimate of drug-likeness (QED) is 0.616. The number of carbonyl (C=O) groups is 1. The molecule has 6 rings (SSSR count). The van der Waals surface area contributed by atoms with Crippen LogP contribution in [0, 0.1) is 5.82 Å². The summed E-state index contributed by atoms with van der Waals surface area (Å²) >= 11 is 1.33. The molecule has 0 spiro atoms. The number of anilines is 2. The van der Waals surface area contributed by atoms with Crippen LogP contribution in [0.1, 0.15) is 30.4 Å². The summed E-state index contributed by atoms with van der Waals surface area (Å²) in [6, 6.07) is 6.23. The van der Waals surface area contributed by atoms with E-state index in [-0.39, 0.29) is 18.9 Å². The van der Waals surface area contributed by atoms with E-state index >= 15 is 0 Å². The van der Waals surface area contributed by atoms with Crippen LogP contribution in [0.25, 0.3) is 15.8 Å². The van der Waals surface area contributed by atoms with Gasteiger partial charge in [0.2, 0.25) is 6.79 Å². The average molecular weight is 439 g/mol. The molecule has 9 heteroatoms. The van der Waals surface area contributed by atoms with Gasteiger partial charge >= 0.3 is 6.03 Å². The predicted molar refractivity (Wildman–Crippen MR) is 114 cm³/mol. The van der Waals surface area contributed by atoms with E-state index in [9.17, 15) is 14.3 Å². The topological polar surface area (TPSA) is 83.9 Å². The lowest BCUT2D eigenvalue weighted by Crippen LogP contribution is -2.41. The maximum Gasteiger partial charge on any atom is 0.328 e. The van der Waals surface area contributed by atoms with Gasteiger partial charge in [-0.1, -0.05) is 17.4 Å². The van der Waals surface area contributed by atoms with Gasteiger partial charge in [-0.25, -0.2) is 19.1 Å². The van der Waals surface area contributed by atoms with Crippen molar-refractivity contribution in [1.82, 2.24) is 10.3 Å². The summed E-state index contributed by atoms with van der Waals surface area (Å²) in [4.78, 5) is 18.9. The first kappa shape index (κ1) is 18.6. The second-order valence-corrected chi connectivity index (χ2v) is 8.75. The molecule has 1 aromatic heterocycles. The smallest absolute Gasteiger partial charge is 0.328 e. The molecule has 3 aromatic rings. The minimum atomic E-state index is -0.417. The number of benzene rings is 2. The van der Waals surface area contributed by atoms with Crippen molar-refractivity contribution < 1.29 is 23.8 Å². The number of thiazole rings is 1. The van der Waals surface area contributed by atoms with Crippen LogP contribution in [0.4, 0.5) is 20.0 Å². The first-order chi connectivity index (χ1) is 15.1. The van der Waals surface area contributed by atoms with Gasteiger partial charge in [-0.2, -0.15) is 0 Å². The molecule has 2 aromatic carbocycles. The van der Waals surface area contributed by atoms with Gasteiger partial charge in [0.05, 0.1) is 16.5 Å². The fraction of sp³-hybridized carbons (Fsp3) is 0.273. The summed E-state index contributed by atoms with van der Waals surface area (Å²) in [5.41, 5.74) is 3.71. The number of allylic oxidation sites excluding steroid dienone is 1. The van der Waals surface area contributed by atoms with Crippen molar-refractivity contribution in [3.05, 3.63) is 47.3 Å². The van der Waals surface area contributed by atoms with E-state index in [0.717, 1.165) is 21.4 Å². The van der Waals surface area contributed by atoms with Gasteiger partial charge in [-0.15, -0.1) is 0 Å². The van der Waals surface area contributed by atoms with Crippen LogP contribution in [-0.4, -0.2) is 29.0 Å². The van der Waals surface area contributed by atoms with E-state index < -0.39 is 5.82 Å². The average Bonchev–Trinajstić information content (AvgIpc) is 3.40. The summed E-state index contributed by atoms with van der Waals surface area (Å²) in [6.07, 6.45) is 3.44. The van der Waals surface area contributed by atoms with Crippen molar-refractivity contribution in [3.8, 4) is 11.5 Å². The van der Waals surface area contributed by atoms with Crippen LogP contribution in [0.15, 0.2) is 30.3 Å². The van der Waals surface area contributed by atoms with Gasteiger partial charge in [0.1, 0.15) is 11.3 Å². The molecule has 0 radical (unpaired) electrons. The van der Waals surface area contributed by atoms with Crippen molar-refractivity contribution in [1.29, 1.82) is 0 Å². The molecule has 0 saturated heterocycles. The van der Waals surface area contributed by atoms with Crippen LogP contribution in [0.2, 0.25) is 0 Å². The second-order valence-electron chi connectivity index (χ2n) is 7.75. The van der Waals surface area contributed by atoms with Gasteiger partial charge in [0, 0.05) is 12.1 Å². The van der Waals surface area contributed by atoms with Crippen LogP contribution >= 0.6 is 11.3 Å². The lowest BCUT2D eigenvalue weighted by Gasteiger charge is -2.31. The molecule has 0 saturated carbocycles. The summed E-state index contributed by atoms with van der Waals surface area (Å²) < 4.78 is 26.5. The number of amides is 2.